The van der Waals surface area contributed by atoms with Crippen LogP contribution in [0.25, 0.3) is 0 Å². The van der Waals surface area contributed by atoms with E-state index in [9.17, 15) is 9.18 Å². The van der Waals surface area contributed by atoms with E-state index in [0.717, 1.165) is 25.9 Å². The highest BCUT2D eigenvalue weighted by Gasteiger charge is 2.28. The van der Waals surface area contributed by atoms with Crippen LogP contribution in [0.2, 0.25) is 0 Å². The Morgan fingerprint density at radius 1 is 1.53 bits per heavy atom. The first-order chi connectivity index (χ1) is 9.15. The second-order valence-corrected chi connectivity index (χ2v) is 5.08. The van der Waals surface area contributed by atoms with Gasteiger partial charge in [0.25, 0.3) is 5.91 Å². The fraction of sp³-hybridized carbons (Fsp3) is 0.533. The average Bonchev–Trinajstić information content (AvgIpc) is 2.92. The van der Waals surface area contributed by atoms with Crippen LogP contribution in [-0.2, 0) is 0 Å². The molecule has 2 rings (SSSR count). The number of hydrogen-bond donors (Lipinski definition) is 1. The van der Waals surface area contributed by atoms with Crippen LogP contribution in [0.1, 0.15) is 35.7 Å². The van der Waals surface area contributed by atoms with Gasteiger partial charge in [0.05, 0.1) is 5.56 Å². The van der Waals surface area contributed by atoms with Crippen LogP contribution in [0.4, 0.5) is 4.39 Å². The molecule has 1 atom stereocenters. The molecule has 1 saturated heterocycles. The number of nitrogens with one attached hydrogen (secondary N) is 1. The molecule has 0 spiro atoms. The molecule has 0 aliphatic carbocycles. The normalized spacial score (nSPS) is 18.6. The number of hydrogen-bond acceptors (Lipinski definition) is 2. The summed E-state index contributed by atoms with van der Waals surface area (Å²) in [5.74, 6) is -0.573. The molecule has 1 N–H and O–H groups in total. The van der Waals surface area contributed by atoms with Gasteiger partial charge in [-0.2, -0.15) is 0 Å². The van der Waals surface area contributed by atoms with E-state index in [1.807, 2.05) is 11.8 Å². The van der Waals surface area contributed by atoms with Crippen LogP contribution in [0, 0.1) is 12.7 Å². The predicted octanol–water partition coefficient (Wildman–Crippen LogP) is 2.35. The molecule has 1 fully saturated rings. The summed E-state index contributed by atoms with van der Waals surface area (Å²) in [5, 5.41) is 3.26. The zero-order valence-electron chi connectivity index (χ0n) is 11.6. The van der Waals surface area contributed by atoms with Gasteiger partial charge in [0.1, 0.15) is 5.82 Å². The summed E-state index contributed by atoms with van der Waals surface area (Å²) in [6.45, 7) is 6.13. The largest absolute Gasteiger partial charge is 0.334 e. The lowest BCUT2D eigenvalue weighted by atomic mass is 10.1. The maximum atomic E-state index is 14.1. The number of carbonyl (C=O) groups excluding carboxylic acids is 1. The van der Waals surface area contributed by atoms with Crippen LogP contribution in [0.5, 0.6) is 0 Å². The third kappa shape index (κ3) is 2.95. The first-order valence-electron chi connectivity index (χ1n) is 6.92. The molecule has 3 nitrogen and oxygen atoms in total. The van der Waals surface area contributed by atoms with E-state index in [1.54, 1.807) is 25.1 Å². The van der Waals surface area contributed by atoms with E-state index >= 15 is 0 Å². The molecule has 0 radical (unpaired) electrons. The Kier molecular flexibility index (Phi) is 4.53. The van der Waals surface area contributed by atoms with Crippen molar-refractivity contribution in [3.63, 3.8) is 0 Å². The van der Waals surface area contributed by atoms with Gasteiger partial charge in [0.15, 0.2) is 0 Å². The molecule has 1 aromatic carbocycles. The van der Waals surface area contributed by atoms with Gasteiger partial charge in [-0.15, -0.1) is 0 Å². The minimum absolute atomic E-state index is 0.184. The van der Waals surface area contributed by atoms with Gasteiger partial charge in [0.2, 0.25) is 0 Å². The molecule has 0 aromatic heterocycles. The Morgan fingerprint density at radius 2 is 2.32 bits per heavy atom. The Balaban J connectivity index is 2.25. The van der Waals surface area contributed by atoms with Crippen molar-refractivity contribution in [1.29, 1.82) is 0 Å². The first kappa shape index (κ1) is 14.0. The highest BCUT2D eigenvalue weighted by atomic mass is 19.1. The van der Waals surface area contributed by atoms with Crippen LogP contribution in [0.15, 0.2) is 18.2 Å². The highest BCUT2D eigenvalue weighted by Crippen LogP contribution is 2.18. The van der Waals surface area contributed by atoms with Gasteiger partial charge >= 0.3 is 0 Å². The van der Waals surface area contributed by atoms with Crippen molar-refractivity contribution in [2.45, 2.75) is 32.7 Å². The average molecular weight is 264 g/mol. The SMILES string of the molecule is CCCN(C(=O)c1cccc(C)c1F)C1CCNC1. The highest BCUT2D eigenvalue weighted by molar-refractivity contribution is 5.95. The van der Waals surface area contributed by atoms with Crippen molar-refractivity contribution in [1.82, 2.24) is 10.2 Å². The lowest BCUT2D eigenvalue weighted by molar-refractivity contribution is 0.0687. The van der Waals surface area contributed by atoms with Crippen molar-refractivity contribution in [3.8, 4) is 0 Å². The maximum absolute atomic E-state index is 14.1. The second-order valence-electron chi connectivity index (χ2n) is 5.08. The van der Waals surface area contributed by atoms with E-state index in [4.69, 9.17) is 0 Å². The molecule has 4 heteroatoms. The molecular weight excluding hydrogens is 243 g/mol. The minimum Gasteiger partial charge on any atom is -0.334 e. The quantitative estimate of drug-likeness (QED) is 0.905. The molecule has 0 bridgehead atoms. The lowest BCUT2D eigenvalue weighted by Gasteiger charge is -2.28. The summed E-state index contributed by atoms with van der Waals surface area (Å²) in [6, 6.07) is 5.19. The van der Waals surface area contributed by atoms with Crippen LogP contribution in [-0.4, -0.2) is 36.5 Å². The predicted molar refractivity (Wildman–Crippen MR) is 73.7 cm³/mol. The van der Waals surface area contributed by atoms with Crippen molar-refractivity contribution in [2.75, 3.05) is 19.6 Å². The van der Waals surface area contributed by atoms with Crippen LogP contribution >= 0.6 is 0 Å². The number of amides is 1. The van der Waals surface area contributed by atoms with E-state index in [0.29, 0.717) is 12.1 Å². The van der Waals surface area contributed by atoms with Gasteiger partial charge in [-0.25, -0.2) is 4.39 Å². The van der Waals surface area contributed by atoms with Gasteiger partial charge in [-0.1, -0.05) is 19.1 Å². The summed E-state index contributed by atoms with van der Waals surface area (Å²) in [4.78, 5) is 14.4. The van der Waals surface area contributed by atoms with Crippen molar-refractivity contribution in [2.24, 2.45) is 0 Å². The topological polar surface area (TPSA) is 32.3 Å². The van der Waals surface area contributed by atoms with Crippen molar-refractivity contribution in [3.05, 3.63) is 35.1 Å². The molecule has 0 saturated carbocycles. The zero-order chi connectivity index (χ0) is 13.8. The molecule has 1 unspecified atom stereocenters. The van der Waals surface area contributed by atoms with E-state index in [2.05, 4.69) is 5.32 Å². The molecule has 1 aromatic rings. The summed E-state index contributed by atoms with van der Waals surface area (Å²) < 4.78 is 14.1. The Bertz CT molecular complexity index is 455. The summed E-state index contributed by atoms with van der Waals surface area (Å²) in [5.41, 5.74) is 0.715. The first-order valence-corrected chi connectivity index (χ1v) is 6.92. The van der Waals surface area contributed by atoms with Crippen molar-refractivity contribution >= 4 is 5.91 Å². The monoisotopic (exact) mass is 264 g/mol. The molecule has 1 amide bonds. The fourth-order valence-electron chi connectivity index (χ4n) is 2.56. The van der Waals surface area contributed by atoms with Crippen LogP contribution < -0.4 is 5.32 Å². The number of aryl methyl sites for hydroxylation is 1. The number of benzene rings is 1. The second kappa shape index (κ2) is 6.15. The van der Waals surface area contributed by atoms with Crippen LogP contribution in [0.3, 0.4) is 0 Å². The molecule has 1 heterocycles. The fourth-order valence-corrected chi connectivity index (χ4v) is 2.56. The summed E-state index contributed by atoms with van der Waals surface area (Å²) >= 11 is 0. The number of rotatable bonds is 4. The number of carbonyl (C=O) groups is 1. The lowest BCUT2D eigenvalue weighted by Crippen LogP contribution is -2.42. The van der Waals surface area contributed by atoms with Gasteiger partial charge in [-0.3, -0.25) is 4.79 Å². The Labute approximate surface area is 113 Å². The molecule has 1 aliphatic rings. The van der Waals surface area contributed by atoms with Crippen molar-refractivity contribution < 1.29 is 9.18 Å². The summed E-state index contributed by atoms with van der Waals surface area (Å²) in [6.07, 6.45) is 1.83. The third-order valence-electron chi connectivity index (χ3n) is 3.62. The van der Waals surface area contributed by atoms with E-state index in [1.165, 1.54) is 0 Å². The molecule has 19 heavy (non-hydrogen) atoms. The summed E-state index contributed by atoms with van der Waals surface area (Å²) in [7, 11) is 0. The zero-order valence-corrected chi connectivity index (χ0v) is 11.6. The smallest absolute Gasteiger partial charge is 0.257 e. The maximum Gasteiger partial charge on any atom is 0.257 e. The number of nitrogens with zero attached hydrogens (tertiary/aromatic N) is 1. The Morgan fingerprint density at radius 3 is 2.95 bits per heavy atom. The van der Waals surface area contributed by atoms with Gasteiger partial charge in [-0.05, 0) is 37.9 Å². The molecular formula is C15H21FN2O. The van der Waals surface area contributed by atoms with Gasteiger partial charge < -0.3 is 10.2 Å². The standard InChI is InChI=1S/C15H21FN2O/c1-3-9-18(12-7-8-17-10-12)15(19)13-6-4-5-11(2)14(13)16/h4-6,12,17H,3,7-10H2,1-2H3. The van der Waals surface area contributed by atoms with E-state index < -0.39 is 0 Å². The minimum atomic E-state index is -0.389. The Hall–Kier alpha value is -1.42. The van der Waals surface area contributed by atoms with E-state index in [-0.39, 0.29) is 23.3 Å². The molecule has 1 aliphatic heterocycles. The third-order valence-corrected chi connectivity index (χ3v) is 3.62. The number of halogens is 1. The van der Waals surface area contributed by atoms with Gasteiger partial charge in [0, 0.05) is 19.1 Å². The molecule has 104 valence electrons.